The average molecular weight is 1460 g/mol. The van der Waals surface area contributed by atoms with E-state index in [1.807, 2.05) is 52.0 Å². The third-order valence-electron chi connectivity index (χ3n) is 18.1. The van der Waals surface area contributed by atoms with Gasteiger partial charge < -0.3 is 71.5 Å². The number of rotatable bonds is 19. The topological polar surface area (TPSA) is 330 Å². The summed E-state index contributed by atoms with van der Waals surface area (Å²) in [5.74, 6) is -4.46. The Hall–Kier alpha value is -9.14. The third-order valence-corrected chi connectivity index (χ3v) is 20.3. The van der Waals surface area contributed by atoms with Gasteiger partial charge in [-0.3, -0.25) is 47.9 Å². The molecule has 0 radical (unpaired) electrons. The number of methoxy groups -OCH3 is 5. The lowest BCUT2D eigenvalue weighted by Crippen LogP contribution is -2.60. The highest BCUT2D eigenvalue weighted by atomic mass is 32.2. The van der Waals surface area contributed by atoms with E-state index in [9.17, 15) is 19.2 Å². The number of hydrogen-bond donors (Lipinski definition) is 8. The van der Waals surface area contributed by atoms with E-state index < -0.39 is 126 Å². The lowest BCUT2D eigenvalue weighted by atomic mass is 9.88. The Balaban J connectivity index is 1.28. The van der Waals surface area contributed by atoms with E-state index in [0.717, 1.165) is 11.1 Å². The first-order chi connectivity index (χ1) is 49.4. The average Bonchev–Trinajstić information content (AvgIpc) is 1.74. The Morgan fingerprint density at radius 1 is 0.505 bits per heavy atom. The molecule has 2 aliphatic heterocycles. The molecular formula is C77H101N9O15S2. The van der Waals surface area contributed by atoms with Crippen LogP contribution in [0.4, 0.5) is 0 Å². The van der Waals surface area contributed by atoms with Crippen LogP contribution in [0.5, 0.6) is 23.0 Å². The molecular weight excluding hydrogens is 1360 g/mol. The van der Waals surface area contributed by atoms with Gasteiger partial charge in [0.25, 0.3) is 0 Å². The van der Waals surface area contributed by atoms with Crippen molar-refractivity contribution < 1.29 is 71.6 Å². The van der Waals surface area contributed by atoms with Crippen LogP contribution < -0.4 is 61.9 Å². The van der Waals surface area contributed by atoms with Crippen molar-refractivity contribution in [1.82, 2.24) is 42.1 Å². The minimum absolute atomic E-state index is 0.00338. The van der Waals surface area contributed by atoms with Crippen molar-refractivity contribution >= 4 is 82.5 Å². The van der Waals surface area contributed by atoms with Crippen LogP contribution in [-0.4, -0.2) is 172 Å². The molecule has 26 heteroatoms. The van der Waals surface area contributed by atoms with Crippen LogP contribution in [0.1, 0.15) is 107 Å². The molecule has 0 aromatic heterocycles. The summed E-state index contributed by atoms with van der Waals surface area (Å²) < 4.78 is 27.4. The number of Topliss-reactive ketones (excluding diaryl/α,β-unsaturated/α-hetero) is 1. The molecule has 1 fully saturated rings. The van der Waals surface area contributed by atoms with E-state index in [1.54, 1.807) is 104 Å². The van der Waals surface area contributed by atoms with E-state index in [1.165, 1.54) is 64.0 Å². The van der Waals surface area contributed by atoms with E-state index in [0.29, 0.717) is 68.9 Å². The van der Waals surface area contributed by atoms with Gasteiger partial charge in [-0.25, -0.2) is 0 Å². The molecule has 0 unspecified atom stereocenters. The Kier molecular flexibility index (Phi) is 32.0. The van der Waals surface area contributed by atoms with Gasteiger partial charge in [-0.1, -0.05) is 100 Å². The maximum atomic E-state index is 15.3. The predicted molar refractivity (Wildman–Crippen MR) is 396 cm³/mol. The van der Waals surface area contributed by atoms with Crippen LogP contribution in [-0.2, 0) is 89.9 Å². The Morgan fingerprint density at radius 3 is 1.43 bits per heavy atom. The highest BCUT2D eigenvalue weighted by Gasteiger charge is 2.41. The number of thioether (sulfide) groups is 2. The smallest absolute Gasteiger partial charge is 0.246 e. The van der Waals surface area contributed by atoms with Crippen LogP contribution in [0.25, 0.3) is 0 Å². The van der Waals surface area contributed by atoms with Crippen molar-refractivity contribution in [2.24, 2.45) is 23.5 Å². The number of carbonyl (C=O) groups excluding carboxylic acids is 10. The summed E-state index contributed by atoms with van der Waals surface area (Å²) in [7, 11) is 7.46. The minimum Gasteiger partial charge on any atom is -0.497 e. The van der Waals surface area contributed by atoms with Gasteiger partial charge in [0.05, 0.1) is 40.6 Å². The highest BCUT2D eigenvalue weighted by Crippen LogP contribution is 2.26. The summed E-state index contributed by atoms with van der Waals surface area (Å²) in [5.41, 5.74) is 10.3. The van der Waals surface area contributed by atoms with Crippen LogP contribution in [0, 0.1) is 17.8 Å². The molecule has 2 bridgehead atoms. The summed E-state index contributed by atoms with van der Waals surface area (Å²) in [5, 5.41) is 20.3. The minimum atomic E-state index is -1.41. The van der Waals surface area contributed by atoms with E-state index in [2.05, 4.69) is 37.2 Å². The van der Waals surface area contributed by atoms with E-state index in [-0.39, 0.29) is 75.5 Å². The standard InChI is InChI=1S/C77H101N9O15S2/c1-46(2)35-60-67(87)42-55(38-49-16-24-56(98-7)25-17-49)71(90)80-62(39-50-18-26-57(99-8)27-19-50)73(92)81-61(36-47(3)4)72(91)82-63(40-51-20-28-58(100-9)29-21-51)74(93)83-64(41-52-22-30-59(101-10)31-23-52)77(96)86-33-12-15-66(86)75(94)84-65(70(78)89)45-103-44-54-14-11-13-53(37-54)43-102-34-32-68(88)85-69(48(5)97-6)76(95)79-60/h11,13-14,16-31,37,46-48,55,60-66,69H,12,15,32-36,38-45H2,1-10H3,(H2,78,89)(H,79,95)(H,80,90)(H,81,92)(H,82,91)(H,83,93)(H,84,94)(H,85,88)/t48-,55-,60-,61+,62+,63+,64+,65+,66+,69+/m1/s1. The van der Waals surface area contributed by atoms with Crippen molar-refractivity contribution in [3.63, 3.8) is 0 Å². The number of nitrogens with two attached hydrogens (primary N) is 1. The zero-order chi connectivity index (χ0) is 74.7. The number of fused-ring (bicyclic) bond motifs is 3. The number of nitrogens with one attached hydrogen (secondary N) is 7. The Morgan fingerprint density at radius 2 is 0.942 bits per heavy atom. The highest BCUT2D eigenvalue weighted by molar-refractivity contribution is 7.98. The molecule has 2 heterocycles. The van der Waals surface area contributed by atoms with Gasteiger partial charge in [-0.15, -0.1) is 0 Å². The fourth-order valence-corrected chi connectivity index (χ4v) is 14.2. The van der Waals surface area contributed by atoms with E-state index >= 15 is 28.8 Å². The number of ketones is 1. The number of amides is 9. The quantitative estimate of drug-likeness (QED) is 0.0461. The lowest BCUT2D eigenvalue weighted by molar-refractivity contribution is -0.142. The van der Waals surface area contributed by atoms with Gasteiger partial charge >= 0.3 is 0 Å². The number of nitrogens with zero attached hydrogens (tertiary/aromatic N) is 1. The normalized spacial score (nSPS) is 22.7. The first-order valence-electron chi connectivity index (χ1n) is 34.9. The van der Waals surface area contributed by atoms with Crippen LogP contribution in [0.15, 0.2) is 121 Å². The van der Waals surface area contributed by atoms with Gasteiger partial charge in [0, 0.05) is 74.7 Å². The fraction of sp³-hybridized carbons (Fsp3) is 0.481. The third kappa shape index (κ3) is 25.4. The van der Waals surface area contributed by atoms with Crippen molar-refractivity contribution in [3.05, 3.63) is 155 Å². The zero-order valence-electron chi connectivity index (χ0n) is 60.5. The molecule has 9 amide bonds. The van der Waals surface area contributed by atoms with Gasteiger partial charge in [0.1, 0.15) is 65.3 Å². The first-order valence-corrected chi connectivity index (χ1v) is 37.2. The largest absolute Gasteiger partial charge is 0.497 e. The molecule has 0 spiro atoms. The number of hydrogen-bond acceptors (Lipinski definition) is 17. The molecule has 0 saturated carbocycles. The molecule has 9 N–H and O–H groups in total. The predicted octanol–water partition coefficient (Wildman–Crippen LogP) is 6.13. The monoisotopic (exact) mass is 1460 g/mol. The molecule has 10 atom stereocenters. The van der Waals surface area contributed by atoms with Crippen LogP contribution in [0.2, 0.25) is 0 Å². The lowest BCUT2D eigenvalue weighted by Gasteiger charge is -2.31. The molecule has 5 aromatic carbocycles. The SMILES string of the molecule is COc1ccc(C[C@@H]2CC(=O)[C@@H](CC(C)C)NC(=O)[C@H]([C@@H](C)OC)NC(=O)CCSCc3cccc(c3)CSC[C@@H](C(N)=O)NC(=O)[C@@H]3CCCN3C(=O)[C@H](Cc3ccc(OC)cc3)NC(=O)[C@H](Cc3ccc(OC)cc3)NC(=O)[C@H](CC(C)C)NC(=O)[C@H](Cc3ccc(OC)cc3)NC2=O)cc1. The van der Waals surface area contributed by atoms with Crippen molar-refractivity contribution in [2.75, 3.05) is 53.6 Å². The molecule has 7 rings (SSSR count). The first kappa shape index (κ1) is 81.2. The second-order valence-electron chi connectivity index (χ2n) is 26.9. The summed E-state index contributed by atoms with van der Waals surface area (Å²) in [4.78, 5) is 149. The number of carbonyl (C=O) groups is 10. The second kappa shape index (κ2) is 40.6. The van der Waals surface area contributed by atoms with Gasteiger partial charge in [-0.05, 0) is 133 Å². The second-order valence-corrected chi connectivity index (χ2v) is 29.1. The Bertz CT molecular complexity index is 3660. The Labute approximate surface area is 612 Å². The number of primary amides is 1. The van der Waals surface area contributed by atoms with Crippen LogP contribution in [0.3, 0.4) is 0 Å². The van der Waals surface area contributed by atoms with Crippen LogP contribution >= 0.6 is 23.5 Å². The number of ether oxygens (including phenoxy) is 5. The maximum Gasteiger partial charge on any atom is 0.246 e. The van der Waals surface area contributed by atoms with Crippen molar-refractivity contribution in [1.29, 1.82) is 0 Å². The molecule has 5 aromatic rings. The zero-order valence-corrected chi connectivity index (χ0v) is 62.2. The molecule has 24 nitrogen and oxygen atoms in total. The van der Waals surface area contributed by atoms with Gasteiger partial charge in [-0.2, -0.15) is 23.5 Å². The van der Waals surface area contributed by atoms with Gasteiger partial charge in [0.2, 0.25) is 53.2 Å². The fourth-order valence-electron chi connectivity index (χ4n) is 12.3. The van der Waals surface area contributed by atoms with E-state index in [4.69, 9.17) is 29.4 Å². The van der Waals surface area contributed by atoms with Crippen molar-refractivity contribution in [3.8, 4) is 23.0 Å². The number of benzene rings is 5. The summed E-state index contributed by atoms with van der Waals surface area (Å²) in [6.45, 7) is 9.25. The summed E-state index contributed by atoms with van der Waals surface area (Å²) in [6, 6.07) is 25.4. The molecule has 2 aliphatic rings. The molecule has 0 aliphatic carbocycles. The molecule has 556 valence electrons. The van der Waals surface area contributed by atoms with Crippen molar-refractivity contribution in [2.45, 2.75) is 165 Å². The molecule has 103 heavy (non-hydrogen) atoms. The summed E-state index contributed by atoms with van der Waals surface area (Å²) >= 11 is 2.89. The molecule has 1 saturated heterocycles. The van der Waals surface area contributed by atoms with Gasteiger partial charge in [0.15, 0.2) is 5.78 Å². The summed E-state index contributed by atoms with van der Waals surface area (Å²) in [6.07, 6.45) is -0.624. The maximum absolute atomic E-state index is 15.3.